The molecule has 0 bridgehead atoms. The highest BCUT2D eigenvalue weighted by Crippen LogP contribution is 2.12. The molecule has 1 aromatic carbocycles. The van der Waals surface area contributed by atoms with E-state index in [0.717, 1.165) is 5.56 Å². The average Bonchev–Trinajstić information content (AvgIpc) is 2.85. The Labute approximate surface area is 118 Å². The third-order valence-corrected chi connectivity index (χ3v) is 5.23. The Bertz CT molecular complexity index is 650. The van der Waals surface area contributed by atoms with E-state index in [1.54, 1.807) is 12.4 Å². The largest absolute Gasteiger partial charge is 0.395 e. The molecule has 20 heavy (non-hydrogen) atoms. The molecule has 2 rings (SSSR count). The Morgan fingerprint density at radius 1 is 1.30 bits per heavy atom. The Morgan fingerprint density at radius 2 is 2.00 bits per heavy atom. The summed E-state index contributed by atoms with van der Waals surface area (Å²) < 4.78 is 25.9. The van der Waals surface area contributed by atoms with Gasteiger partial charge in [-0.3, -0.25) is 0 Å². The maximum absolute atomic E-state index is 12.0. The van der Waals surface area contributed by atoms with Crippen LogP contribution in [0.1, 0.15) is 18.3 Å². The highest BCUT2D eigenvalue weighted by Gasteiger charge is 2.22. The van der Waals surface area contributed by atoms with Crippen molar-refractivity contribution in [2.45, 2.75) is 24.5 Å². The van der Waals surface area contributed by atoms with E-state index in [9.17, 15) is 8.42 Å². The first-order chi connectivity index (χ1) is 9.53. The monoisotopic (exact) mass is 294 g/mol. The molecule has 0 radical (unpaired) electrons. The van der Waals surface area contributed by atoms with Gasteiger partial charge in [-0.1, -0.05) is 30.3 Å². The van der Waals surface area contributed by atoms with Gasteiger partial charge in [-0.15, -0.1) is 0 Å². The minimum Gasteiger partial charge on any atom is -0.395 e. The van der Waals surface area contributed by atoms with E-state index in [0.29, 0.717) is 12.4 Å². The Hall–Kier alpha value is -1.66. The molecule has 0 amide bonds. The molecule has 0 fully saturated rings. The van der Waals surface area contributed by atoms with E-state index in [1.165, 1.54) is 6.92 Å². The van der Waals surface area contributed by atoms with Crippen LogP contribution in [0.2, 0.25) is 0 Å². The molecule has 0 saturated heterocycles. The fraction of sp³-hybridized carbons (Fsp3) is 0.357. The maximum Gasteiger partial charge on any atom is 0.162 e. The molecule has 6 heteroatoms. The van der Waals surface area contributed by atoms with Crippen molar-refractivity contribution in [2.24, 2.45) is 0 Å². The van der Waals surface area contributed by atoms with Gasteiger partial charge in [-0.05, 0) is 12.5 Å². The zero-order chi connectivity index (χ0) is 14.6. The van der Waals surface area contributed by atoms with Gasteiger partial charge in [0.2, 0.25) is 0 Å². The van der Waals surface area contributed by atoms with Gasteiger partial charge in [0.15, 0.2) is 9.84 Å². The van der Waals surface area contributed by atoms with E-state index in [2.05, 4.69) is 4.98 Å². The van der Waals surface area contributed by atoms with Crippen molar-refractivity contribution >= 4 is 9.84 Å². The summed E-state index contributed by atoms with van der Waals surface area (Å²) in [6, 6.07) is 9.78. The smallest absolute Gasteiger partial charge is 0.162 e. The summed E-state index contributed by atoms with van der Waals surface area (Å²) in [4.78, 5) is 4.12. The highest BCUT2D eigenvalue weighted by molar-refractivity contribution is 7.91. The predicted molar refractivity (Wildman–Crippen MR) is 76.9 cm³/mol. The van der Waals surface area contributed by atoms with Crippen LogP contribution in [0.15, 0.2) is 42.7 Å². The summed E-state index contributed by atoms with van der Waals surface area (Å²) in [5.41, 5.74) is 1.08. The summed E-state index contributed by atoms with van der Waals surface area (Å²) in [5, 5.41) is 8.22. The first-order valence-electron chi connectivity index (χ1n) is 6.39. The zero-order valence-electron chi connectivity index (χ0n) is 11.3. The molecule has 1 unspecified atom stereocenters. The van der Waals surface area contributed by atoms with E-state index in [4.69, 9.17) is 5.11 Å². The molecule has 1 heterocycles. The van der Waals surface area contributed by atoms with Crippen LogP contribution in [-0.2, 0) is 22.1 Å². The number of hydrogen-bond donors (Lipinski definition) is 1. The third kappa shape index (κ3) is 3.46. The van der Waals surface area contributed by atoms with Crippen LogP contribution in [0.4, 0.5) is 0 Å². The van der Waals surface area contributed by atoms with Crippen LogP contribution in [0.5, 0.6) is 0 Å². The van der Waals surface area contributed by atoms with E-state index in [1.807, 2.05) is 34.9 Å². The van der Waals surface area contributed by atoms with Crippen LogP contribution in [0, 0.1) is 0 Å². The number of aliphatic hydroxyl groups excluding tert-OH is 1. The van der Waals surface area contributed by atoms with E-state index >= 15 is 0 Å². The summed E-state index contributed by atoms with van der Waals surface area (Å²) in [5.74, 6) is 0.336. The van der Waals surface area contributed by atoms with E-state index < -0.39 is 15.1 Å². The third-order valence-electron chi connectivity index (χ3n) is 3.20. The number of benzene rings is 1. The fourth-order valence-electron chi connectivity index (χ4n) is 1.84. The zero-order valence-corrected chi connectivity index (χ0v) is 12.1. The van der Waals surface area contributed by atoms with Crippen LogP contribution in [-0.4, -0.2) is 34.9 Å². The molecule has 0 aliphatic rings. The molecular weight excluding hydrogens is 276 g/mol. The Kier molecular flexibility index (Phi) is 4.57. The number of aliphatic hydroxyl groups is 1. The predicted octanol–water partition coefficient (Wildman–Crippen LogP) is 1.23. The molecule has 1 N–H and O–H groups in total. The van der Waals surface area contributed by atoms with Gasteiger partial charge in [-0.2, -0.15) is 0 Å². The van der Waals surface area contributed by atoms with Gasteiger partial charge in [-0.25, -0.2) is 13.4 Å². The fourth-order valence-corrected chi connectivity index (χ4v) is 2.95. The second kappa shape index (κ2) is 6.19. The van der Waals surface area contributed by atoms with Crippen LogP contribution in [0.3, 0.4) is 0 Å². The van der Waals surface area contributed by atoms with Crippen LogP contribution < -0.4 is 0 Å². The van der Waals surface area contributed by atoms with Crippen molar-refractivity contribution < 1.29 is 13.5 Å². The van der Waals surface area contributed by atoms with Crippen molar-refractivity contribution in [1.29, 1.82) is 0 Å². The molecule has 108 valence electrons. The lowest BCUT2D eigenvalue weighted by Gasteiger charge is -2.11. The lowest BCUT2D eigenvalue weighted by molar-refractivity contribution is 0.295. The minimum atomic E-state index is -3.38. The number of rotatable bonds is 6. The van der Waals surface area contributed by atoms with Gasteiger partial charge >= 0.3 is 0 Å². The normalized spacial score (nSPS) is 13.3. The van der Waals surface area contributed by atoms with Crippen molar-refractivity contribution in [2.75, 3.05) is 6.61 Å². The Morgan fingerprint density at radius 3 is 2.65 bits per heavy atom. The first-order valence-corrected chi connectivity index (χ1v) is 8.11. The second-order valence-corrected chi connectivity index (χ2v) is 7.18. The second-order valence-electron chi connectivity index (χ2n) is 4.76. The molecule has 0 aliphatic heterocycles. The van der Waals surface area contributed by atoms with Crippen molar-refractivity contribution in [1.82, 2.24) is 9.55 Å². The van der Waals surface area contributed by atoms with Gasteiger partial charge in [0.05, 0.1) is 11.9 Å². The first kappa shape index (κ1) is 14.7. The van der Waals surface area contributed by atoms with Crippen molar-refractivity contribution in [3.8, 4) is 0 Å². The molecule has 0 spiro atoms. The lowest BCUT2D eigenvalue weighted by atomic mass is 10.2. The van der Waals surface area contributed by atoms with Gasteiger partial charge in [0.25, 0.3) is 0 Å². The number of nitrogens with zero attached hydrogens (tertiary/aromatic N) is 2. The summed E-state index contributed by atoms with van der Waals surface area (Å²) in [7, 11) is -3.38. The van der Waals surface area contributed by atoms with Gasteiger partial charge < -0.3 is 9.67 Å². The minimum absolute atomic E-state index is 0.158. The molecule has 5 nitrogen and oxygen atoms in total. The molecule has 2 aromatic rings. The maximum atomic E-state index is 12.0. The van der Waals surface area contributed by atoms with Crippen molar-refractivity contribution in [3.63, 3.8) is 0 Å². The number of imidazole rings is 1. The lowest BCUT2D eigenvalue weighted by Crippen LogP contribution is -2.24. The van der Waals surface area contributed by atoms with Crippen LogP contribution in [0.25, 0.3) is 0 Å². The van der Waals surface area contributed by atoms with Gasteiger partial charge in [0.1, 0.15) is 11.6 Å². The SMILES string of the molecule is CC(CO)S(=O)(=O)Cc1nccn1Cc1ccccc1. The standard InChI is InChI=1S/C14H18N2O3S/c1-12(10-17)20(18,19)11-14-15-7-8-16(14)9-13-5-3-2-4-6-13/h2-8,12,17H,9-11H2,1H3. The van der Waals surface area contributed by atoms with E-state index in [-0.39, 0.29) is 12.4 Å². The van der Waals surface area contributed by atoms with Gasteiger partial charge in [0, 0.05) is 18.9 Å². The number of hydrogen-bond acceptors (Lipinski definition) is 4. The topological polar surface area (TPSA) is 72.2 Å². The molecule has 1 atom stereocenters. The molecule has 0 aliphatic carbocycles. The quantitative estimate of drug-likeness (QED) is 0.869. The highest BCUT2D eigenvalue weighted by atomic mass is 32.2. The number of sulfone groups is 1. The molecular formula is C14H18N2O3S. The van der Waals surface area contributed by atoms with Crippen molar-refractivity contribution in [3.05, 3.63) is 54.1 Å². The van der Waals surface area contributed by atoms with Crippen LogP contribution >= 0.6 is 0 Å². The Balaban J connectivity index is 2.17. The summed E-state index contributed by atoms with van der Waals surface area (Å²) in [6.45, 7) is 1.71. The number of aromatic nitrogens is 2. The average molecular weight is 294 g/mol. The molecule has 1 aromatic heterocycles. The summed E-state index contributed by atoms with van der Waals surface area (Å²) in [6.07, 6.45) is 3.36. The summed E-state index contributed by atoms with van der Waals surface area (Å²) >= 11 is 0. The molecule has 0 saturated carbocycles.